The van der Waals surface area contributed by atoms with Crippen LogP contribution < -0.4 is 0 Å². The number of rotatable bonds is 1. The Morgan fingerprint density at radius 1 is 0.706 bits per heavy atom. The molecule has 2 heterocycles. The summed E-state index contributed by atoms with van der Waals surface area (Å²) in [6, 6.07) is 15.9. The van der Waals surface area contributed by atoms with Crippen molar-refractivity contribution >= 4 is 11.6 Å². The molecule has 0 aliphatic carbocycles. The molecular formula is C29H33ClN4. The molecule has 0 atom stereocenters. The van der Waals surface area contributed by atoms with E-state index in [1.165, 1.54) is 16.7 Å². The van der Waals surface area contributed by atoms with E-state index >= 15 is 0 Å². The molecule has 0 aliphatic heterocycles. The van der Waals surface area contributed by atoms with Crippen LogP contribution in [0.25, 0.3) is 11.3 Å². The van der Waals surface area contributed by atoms with Crippen LogP contribution in [0.3, 0.4) is 0 Å². The average molecular weight is 473 g/mol. The molecule has 3 aromatic rings. The first-order chi connectivity index (χ1) is 15.7. The number of pyridine rings is 2. The number of hydrogen-bond acceptors (Lipinski definition) is 4. The first-order valence-corrected chi connectivity index (χ1v) is 11.6. The van der Waals surface area contributed by atoms with Crippen molar-refractivity contribution in [2.45, 2.75) is 73.1 Å². The van der Waals surface area contributed by atoms with Crippen molar-refractivity contribution in [3.8, 4) is 23.4 Å². The molecule has 0 bridgehead atoms. The van der Waals surface area contributed by atoms with Gasteiger partial charge in [0.05, 0.1) is 16.8 Å². The highest BCUT2D eigenvalue weighted by Crippen LogP contribution is 2.32. The van der Waals surface area contributed by atoms with Crippen molar-refractivity contribution in [3.05, 3.63) is 80.8 Å². The van der Waals surface area contributed by atoms with Crippen LogP contribution in [-0.4, -0.2) is 9.97 Å². The lowest BCUT2D eigenvalue weighted by Gasteiger charge is -2.20. The summed E-state index contributed by atoms with van der Waals surface area (Å²) in [6.07, 6.45) is 0. The lowest BCUT2D eigenvalue weighted by atomic mass is 9.89. The van der Waals surface area contributed by atoms with Gasteiger partial charge in [0.2, 0.25) is 0 Å². The minimum absolute atomic E-state index is 0.0301. The summed E-state index contributed by atoms with van der Waals surface area (Å²) in [5.41, 5.74) is 8.37. The van der Waals surface area contributed by atoms with Gasteiger partial charge in [-0.1, -0.05) is 70.8 Å². The van der Waals surface area contributed by atoms with Gasteiger partial charge in [0.15, 0.2) is 0 Å². The molecule has 34 heavy (non-hydrogen) atoms. The van der Waals surface area contributed by atoms with E-state index < -0.39 is 0 Å². The van der Waals surface area contributed by atoms with Crippen LogP contribution >= 0.6 is 11.6 Å². The Labute approximate surface area is 209 Å². The van der Waals surface area contributed by atoms with Gasteiger partial charge in [-0.15, -0.1) is 0 Å². The van der Waals surface area contributed by atoms with Crippen LogP contribution in [0.5, 0.6) is 0 Å². The smallest absolute Gasteiger partial charge is 0.147 e. The lowest BCUT2D eigenvalue weighted by Crippen LogP contribution is -2.14. The summed E-state index contributed by atoms with van der Waals surface area (Å²) in [5, 5.41) is 18.3. The fourth-order valence-electron chi connectivity index (χ4n) is 3.65. The van der Waals surface area contributed by atoms with E-state index in [4.69, 9.17) is 21.8 Å². The molecule has 0 N–H and O–H groups in total. The zero-order valence-corrected chi connectivity index (χ0v) is 22.4. The first kappa shape index (κ1) is 27.0. The monoisotopic (exact) mass is 472 g/mol. The van der Waals surface area contributed by atoms with Crippen LogP contribution in [0.15, 0.2) is 36.4 Å². The fourth-order valence-corrected chi connectivity index (χ4v) is 3.84. The van der Waals surface area contributed by atoms with Crippen molar-refractivity contribution in [2.24, 2.45) is 0 Å². The predicted molar refractivity (Wildman–Crippen MR) is 140 cm³/mol. The maximum Gasteiger partial charge on any atom is 0.147 e. The highest BCUT2D eigenvalue weighted by Gasteiger charge is 2.20. The maximum atomic E-state index is 9.42. The number of halogens is 1. The van der Waals surface area contributed by atoms with Crippen LogP contribution in [0.2, 0.25) is 5.15 Å². The van der Waals surface area contributed by atoms with Gasteiger partial charge >= 0.3 is 0 Å². The molecule has 0 radical (unpaired) electrons. The number of aromatic nitrogens is 2. The van der Waals surface area contributed by atoms with Crippen molar-refractivity contribution in [1.82, 2.24) is 9.97 Å². The van der Waals surface area contributed by atoms with Crippen LogP contribution in [0.4, 0.5) is 0 Å². The van der Waals surface area contributed by atoms with Gasteiger partial charge in [-0.3, -0.25) is 4.98 Å². The summed E-state index contributed by atoms with van der Waals surface area (Å²) < 4.78 is 0. The normalized spacial score (nSPS) is 11.2. The number of nitriles is 2. The third kappa shape index (κ3) is 6.43. The Bertz CT molecular complexity index is 1260. The molecule has 0 aliphatic rings. The Kier molecular flexibility index (Phi) is 8.25. The second-order valence-electron chi connectivity index (χ2n) is 10.6. The van der Waals surface area contributed by atoms with Gasteiger partial charge in [-0.2, -0.15) is 10.5 Å². The molecule has 0 amide bonds. The number of nitrogens with zero attached hydrogens (tertiary/aromatic N) is 4. The summed E-state index contributed by atoms with van der Waals surface area (Å²) >= 11 is 5.80. The lowest BCUT2D eigenvalue weighted by molar-refractivity contribution is 0.569. The van der Waals surface area contributed by atoms with E-state index in [1.54, 1.807) is 6.07 Å². The van der Waals surface area contributed by atoms with E-state index in [0.29, 0.717) is 11.1 Å². The van der Waals surface area contributed by atoms with Crippen molar-refractivity contribution < 1.29 is 0 Å². The summed E-state index contributed by atoms with van der Waals surface area (Å²) in [6.45, 7) is 18.8. The molecular weight excluding hydrogens is 440 g/mol. The van der Waals surface area contributed by atoms with Gasteiger partial charge in [0.1, 0.15) is 17.3 Å². The van der Waals surface area contributed by atoms with Crippen molar-refractivity contribution in [1.29, 1.82) is 10.5 Å². The minimum atomic E-state index is -0.0325. The molecule has 3 rings (SSSR count). The molecule has 1 aromatic carbocycles. The van der Waals surface area contributed by atoms with E-state index in [0.717, 1.165) is 22.6 Å². The van der Waals surface area contributed by atoms with Gasteiger partial charge in [0, 0.05) is 27.8 Å². The molecule has 0 saturated heterocycles. The zero-order chi connectivity index (χ0) is 25.8. The van der Waals surface area contributed by atoms with Crippen molar-refractivity contribution in [2.75, 3.05) is 0 Å². The minimum Gasteiger partial charge on any atom is -0.251 e. The molecule has 2 aromatic heterocycles. The molecule has 0 unspecified atom stereocenters. The summed E-state index contributed by atoms with van der Waals surface area (Å²) in [7, 11) is 0. The molecule has 0 spiro atoms. The second-order valence-corrected chi connectivity index (χ2v) is 11.0. The van der Waals surface area contributed by atoms with Gasteiger partial charge in [-0.25, -0.2) is 4.98 Å². The molecule has 0 saturated carbocycles. The molecule has 4 nitrogen and oxygen atoms in total. The second kappa shape index (κ2) is 10.4. The predicted octanol–water partition coefficient (Wildman–Crippen LogP) is 7.75. The number of benzene rings is 1. The quantitative estimate of drug-likeness (QED) is 0.339. The van der Waals surface area contributed by atoms with Crippen LogP contribution in [0, 0.1) is 43.4 Å². The zero-order valence-electron chi connectivity index (χ0n) is 21.6. The highest BCUT2D eigenvalue weighted by atomic mass is 35.5. The van der Waals surface area contributed by atoms with Gasteiger partial charge in [-0.05, 0) is 56.2 Å². The Morgan fingerprint density at radius 2 is 1.15 bits per heavy atom. The average Bonchev–Trinajstić information content (AvgIpc) is 2.72. The highest BCUT2D eigenvalue weighted by molar-refractivity contribution is 6.30. The molecule has 5 heteroatoms. The number of hydrogen-bond donors (Lipinski definition) is 0. The van der Waals surface area contributed by atoms with Crippen LogP contribution in [-0.2, 0) is 10.8 Å². The largest absolute Gasteiger partial charge is 0.251 e. The van der Waals surface area contributed by atoms with E-state index in [1.807, 2.05) is 24.3 Å². The summed E-state index contributed by atoms with van der Waals surface area (Å²) in [5.74, 6) is 0. The Balaban J connectivity index is 0.000000270. The van der Waals surface area contributed by atoms with Crippen molar-refractivity contribution in [3.63, 3.8) is 0 Å². The fraction of sp³-hybridized carbons (Fsp3) is 0.379. The SMILES string of the molecule is CC(C)(C)c1ccc(C#N)c(Cl)n1.Cc1cc(C)c(-c2nc(C(C)(C)C)ccc2C#N)c(C)c1. The summed E-state index contributed by atoms with van der Waals surface area (Å²) in [4.78, 5) is 8.97. The molecule has 0 fully saturated rings. The third-order valence-corrected chi connectivity index (χ3v) is 5.72. The number of aryl methyl sites for hydroxylation is 3. The Morgan fingerprint density at radius 3 is 1.56 bits per heavy atom. The standard InChI is InChI=1S/C19H22N2.C10H11ClN2/c1-12-9-13(2)17(14(3)10-12)18-15(11-20)7-8-16(21-18)19(4,5)6;1-10(2,3)8-5-4-7(6-12)9(11)13-8/h7-10H,1-6H3;4-5H,1-3H3. The van der Waals surface area contributed by atoms with Gasteiger partial charge < -0.3 is 0 Å². The third-order valence-electron chi connectivity index (χ3n) is 5.44. The molecule has 176 valence electrons. The van der Waals surface area contributed by atoms with Crippen LogP contribution in [0.1, 0.15) is 80.7 Å². The van der Waals surface area contributed by atoms with Gasteiger partial charge in [0.25, 0.3) is 0 Å². The topological polar surface area (TPSA) is 73.4 Å². The Hall–Kier alpha value is -3.21. The van der Waals surface area contributed by atoms with E-state index in [9.17, 15) is 5.26 Å². The maximum absolute atomic E-state index is 9.42. The van der Waals surface area contributed by atoms with E-state index in [2.05, 4.69) is 85.5 Å². The van der Waals surface area contributed by atoms with E-state index in [-0.39, 0.29) is 16.0 Å². The first-order valence-electron chi connectivity index (χ1n) is 11.3.